The van der Waals surface area contributed by atoms with Crippen molar-refractivity contribution in [3.05, 3.63) is 18.0 Å². The molecular weight excluding hydrogens is 224 g/mol. The highest BCUT2D eigenvalue weighted by Gasteiger charge is 2.51. The maximum atomic E-state index is 13.6. The summed E-state index contributed by atoms with van der Waals surface area (Å²) in [5.41, 5.74) is 1.76. The van der Waals surface area contributed by atoms with E-state index in [1.807, 2.05) is 13.0 Å². The van der Waals surface area contributed by atoms with Gasteiger partial charge in [0.1, 0.15) is 0 Å². The first-order valence-corrected chi connectivity index (χ1v) is 6.00. The summed E-state index contributed by atoms with van der Waals surface area (Å²) in [4.78, 5) is 2.08. The van der Waals surface area contributed by atoms with Gasteiger partial charge in [-0.25, -0.2) is 8.78 Å². The smallest absolute Gasteiger partial charge is 0.252 e. The Labute approximate surface area is 98.8 Å². The minimum atomic E-state index is -2.49. The van der Waals surface area contributed by atoms with Crippen LogP contribution in [0.2, 0.25) is 0 Å². The number of hydrogen-bond acceptors (Lipinski definition) is 3. The monoisotopic (exact) mass is 239 g/mol. The quantitative estimate of drug-likeness (QED) is 0.753. The molecule has 2 heterocycles. The second-order valence-corrected chi connectivity index (χ2v) is 5.09. The fourth-order valence-electron chi connectivity index (χ4n) is 2.99. The van der Waals surface area contributed by atoms with Crippen molar-refractivity contribution < 1.29 is 8.78 Å². The third-order valence-electron chi connectivity index (χ3n) is 3.92. The van der Waals surface area contributed by atoms with Crippen molar-refractivity contribution in [3.8, 4) is 0 Å². The molecule has 1 aliphatic carbocycles. The maximum absolute atomic E-state index is 13.6. The van der Waals surface area contributed by atoms with Crippen molar-refractivity contribution in [1.29, 1.82) is 0 Å². The van der Waals surface area contributed by atoms with Gasteiger partial charge in [-0.05, 0) is 25.8 Å². The summed E-state index contributed by atoms with van der Waals surface area (Å²) in [7, 11) is 0. The van der Waals surface area contributed by atoms with Crippen LogP contribution < -0.4 is 4.90 Å². The average molecular weight is 239 g/mol. The highest BCUT2D eigenvalue weighted by atomic mass is 19.3. The highest BCUT2D eigenvalue weighted by molar-refractivity contribution is 5.47. The van der Waals surface area contributed by atoms with E-state index in [-0.39, 0.29) is 12.5 Å². The molecule has 0 amide bonds. The van der Waals surface area contributed by atoms with Gasteiger partial charge in [-0.2, -0.15) is 10.2 Å². The lowest BCUT2D eigenvalue weighted by Crippen LogP contribution is -2.32. The Morgan fingerprint density at radius 3 is 3.00 bits per heavy atom. The second kappa shape index (κ2) is 3.62. The van der Waals surface area contributed by atoms with E-state index in [0.717, 1.165) is 11.4 Å². The van der Waals surface area contributed by atoms with Gasteiger partial charge in [0.25, 0.3) is 5.92 Å². The summed E-state index contributed by atoms with van der Waals surface area (Å²) in [6.07, 6.45) is 2.88. The van der Waals surface area contributed by atoms with E-state index in [0.29, 0.717) is 19.4 Å². The second-order valence-electron chi connectivity index (χ2n) is 5.09. The van der Waals surface area contributed by atoms with E-state index >= 15 is 0 Å². The first-order valence-electron chi connectivity index (χ1n) is 6.00. The molecule has 92 valence electrons. The summed E-state index contributed by atoms with van der Waals surface area (Å²) in [5.74, 6) is -2.98. The zero-order chi connectivity index (χ0) is 12.0. The minimum Gasteiger partial charge on any atom is -0.367 e. The zero-order valence-corrected chi connectivity index (χ0v) is 9.74. The Kier molecular flexibility index (Phi) is 2.31. The third-order valence-corrected chi connectivity index (χ3v) is 3.92. The number of hydrogen-bond donors (Lipinski definition) is 0. The molecule has 0 aromatic carbocycles. The van der Waals surface area contributed by atoms with Gasteiger partial charge in [0.05, 0.1) is 17.6 Å². The molecule has 5 heteroatoms. The Balaban J connectivity index is 1.87. The van der Waals surface area contributed by atoms with E-state index in [2.05, 4.69) is 15.1 Å². The number of nitrogens with zero attached hydrogens (tertiary/aromatic N) is 3. The average Bonchev–Trinajstić information content (AvgIpc) is 2.66. The Morgan fingerprint density at radius 2 is 2.29 bits per heavy atom. The van der Waals surface area contributed by atoms with Gasteiger partial charge < -0.3 is 4.90 Å². The van der Waals surface area contributed by atoms with Gasteiger partial charge in [-0.3, -0.25) is 0 Å². The van der Waals surface area contributed by atoms with Crippen molar-refractivity contribution in [2.45, 2.75) is 38.2 Å². The lowest BCUT2D eigenvalue weighted by Gasteiger charge is -2.28. The lowest BCUT2D eigenvalue weighted by molar-refractivity contribution is -0.0709. The molecule has 2 atom stereocenters. The van der Waals surface area contributed by atoms with Crippen molar-refractivity contribution in [3.63, 3.8) is 0 Å². The van der Waals surface area contributed by atoms with Crippen LogP contribution in [0, 0.1) is 12.8 Å². The van der Waals surface area contributed by atoms with Gasteiger partial charge in [-0.15, -0.1) is 0 Å². The SMILES string of the molecule is Cc1cc(N2CC3CC2CCC3(F)F)cnn1. The molecule has 0 N–H and O–H groups in total. The van der Waals surface area contributed by atoms with Crippen LogP contribution in [0.3, 0.4) is 0 Å². The lowest BCUT2D eigenvalue weighted by atomic mass is 9.87. The highest BCUT2D eigenvalue weighted by Crippen LogP contribution is 2.46. The van der Waals surface area contributed by atoms with Crippen LogP contribution in [0.15, 0.2) is 12.3 Å². The van der Waals surface area contributed by atoms with Crippen LogP contribution in [0.25, 0.3) is 0 Å². The van der Waals surface area contributed by atoms with E-state index in [1.165, 1.54) is 0 Å². The molecule has 0 radical (unpaired) electrons. The third kappa shape index (κ3) is 1.77. The van der Waals surface area contributed by atoms with E-state index < -0.39 is 11.8 Å². The molecule has 2 unspecified atom stereocenters. The molecule has 1 aliphatic heterocycles. The summed E-state index contributed by atoms with van der Waals surface area (Å²) in [6.45, 7) is 2.32. The van der Waals surface area contributed by atoms with Crippen LogP contribution in [0.4, 0.5) is 14.5 Å². The van der Waals surface area contributed by atoms with Crippen LogP contribution >= 0.6 is 0 Å². The zero-order valence-electron chi connectivity index (χ0n) is 9.74. The topological polar surface area (TPSA) is 29.0 Å². The molecule has 1 saturated carbocycles. The van der Waals surface area contributed by atoms with Crippen molar-refractivity contribution in [2.75, 3.05) is 11.4 Å². The Bertz CT molecular complexity index is 436. The fraction of sp³-hybridized carbons (Fsp3) is 0.667. The van der Waals surface area contributed by atoms with Gasteiger partial charge >= 0.3 is 0 Å². The van der Waals surface area contributed by atoms with E-state index in [1.54, 1.807) is 6.20 Å². The largest absolute Gasteiger partial charge is 0.367 e. The van der Waals surface area contributed by atoms with Crippen LogP contribution in [-0.2, 0) is 0 Å². The van der Waals surface area contributed by atoms with Crippen LogP contribution in [0.1, 0.15) is 25.0 Å². The molecule has 2 bridgehead atoms. The number of alkyl halides is 2. The Hall–Kier alpha value is -1.26. The maximum Gasteiger partial charge on any atom is 0.252 e. The fourth-order valence-corrected chi connectivity index (χ4v) is 2.99. The van der Waals surface area contributed by atoms with Gasteiger partial charge in [0.15, 0.2) is 0 Å². The Morgan fingerprint density at radius 1 is 1.47 bits per heavy atom. The van der Waals surface area contributed by atoms with E-state index in [9.17, 15) is 8.78 Å². The number of aryl methyl sites for hydroxylation is 1. The van der Waals surface area contributed by atoms with Crippen molar-refractivity contribution in [1.82, 2.24) is 10.2 Å². The minimum absolute atomic E-state index is 0.0241. The van der Waals surface area contributed by atoms with Gasteiger partial charge in [-0.1, -0.05) is 0 Å². The molecule has 0 spiro atoms. The first kappa shape index (κ1) is 10.9. The summed E-state index contributed by atoms with van der Waals surface area (Å²) >= 11 is 0. The van der Waals surface area contributed by atoms with Crippen molar-refractivity contribution >= 4 is 5.69 Å². The number of aromatic nitrogens is 2. The molecule has 1 aromatic heterocycles. The molecular formula is C12H15F2N3. The predicted molar refractivity (Wildman–Crippen MR) is 60.2 cm³/mol. The standard InChI is InChI=1S/C12H15F2N3/c1-8-4-11(6-15-16-8)17-7-9-5-10(17)2-3-12(9,13)14/h4,6,9-10H,2-3,5,7H2,1H3. The summed E-state index contributed by atoms with van der Waals surface area (Å²) in [6, 6.07) is 2.18. The molecule has 2 aliphatic rings. The predicted octanol–water partition coefficient (Wildman–Crippen LogP) is 2.41. The first-order chi connectivity index (χ1) is 8.06. The summed E-state index contributed by atoms with van der Waals surface area (Å²) in [5, 5.41) is 7.80. The number of halogens is 2. The van der Waals surface area contributed by atoms with Crippen LogP contribution in [-0.4, -0.2) is 28.7 Å². The summed E-state index contributed by atoms with van der Waals surface area (Å²) < 4.78 is 27.2. The van der Waals surface area contributed by atoms with E-state index in [4.69, 9.17) is 0 Å². The van der Waals surface area contributed by atoms with Crippen molar-refractivity contribution in [2.24, 2.45) is 5.92 Å². The number of fused-ring (bicyclic) bond motifs is 2. The number of anilines is 1. The molecule has 3 nitrogen and oxygen atoms in total. The molecule has 1 saturated heterocycles. The molecule has 17 heavy (non-hydrogen) atoms. The van der Waals surface area contributed by atoms with Gasteiger partial charge in [0, 0.05) is 24.9 Å². The van der Waals surface area contributed by atoms with Crippen LogP contribution in [0.5, 0.6) is 0 Å². The van der Waals surface area contributed by atoms with Gasteiger partial charge in [0.2, 0.25) is 0 Å². The molecule has 2 fully saturated rings. The molecule has 1 aromatic rings. The number of rotatable bonds is 1. The normalized spacial score (nSPS) is 30.6. The molecule has 3 rings (SSSR count).